The van der Waals surface area contributed by atoms with Crippen molar-refractivity contribution < 1.29 is 8.91 Å². The van der Waals surface area contributed by atoms with Crippen LogP contribution in [0.1, 0.15) is 35.6 Å². The molecule has 0 spiro atoms. The molecular formula is C9H14N4O. The number of hydrogen-bond donors (Lipinski definition) is 1. The van der Waals surface area contributed by atoms with Gasteiger partial charge in [0.05, 0.1) is 6.04 Å². The van der Waals surface area contributed by atoms with Crippen LogP contribution in [-0.4, -0.2) is 26.8 Å². The molecule has 0 aliphatic carbocycles. The first-order valence-electron chi connectivity index (χ1n) is 6.07. The van der Waals surface area contributed by atoms with Gasteiger partial charge in [-0.15, -0.1) is 5.10 Å². The second-order valence-corrected chi connectivity index (χ2v) is 3.66. The lowest BCUT2D eigenvalue weighted by Crippen LogP contribution is -2.39. The maximum atomic E-state index is 11.5. The summed E-state index contributed by atoms with van der Waals surface area (Å²) in [6.07, 6.45) is 2.21. The Hall–Kier alpha value is -1.23. The number of rotatable bonds is 1. The zero-order chi connectivity index (χ0) is 12.6. The van der Waals surface area contributed by atoms with Gasteiger partial charge in [0.1, 0.15) is 11.5 Å². The first-order chi connectivity index (χ1) is 7.86. The van der Waals surface area contributed by atoms with Crippen molar-refractivity contribution >= 4 is 5.78 Å². The zero-order valence-corrected chi connectivity index (χ0v) is 7.90. The first kappa shape index (κ1) is 6.29. The molecule has 0 saturated carbocycles. The van der Waals surface area contributed by atoms with Gasteiger partial charge in [-0.05, 0) is 6.92 Å². The van der Waals surface area contributed by atoms with Crippen molar-refractivity contribution in [2.45, 2.75) is 31.8 Å². The van der Waals surface area contributed by atoms with Crippen molar-refractivity contribution in [3.8, 4) is 0 Å². The van der Waals surface area contributed by atoms with E-state index < -0.39 is 6.98 Å². The summed E-state index contributed by atoms with van der Waals surface area (Å²) in [5.41, 5.74) is 0.501. The van der Waals surface area contributed by atoms with Gasteiger partial charge in [0.2, 0.25) is 0 Å². The summed E-state index contributed by atoms with van der Waals surface area (Å²) in [7, 11) is 0. The van der Waals surface area contributed by atoms with E-state index in [-0.39, 0.29) is 17.9 Å². The number of ketones is 1. The molecule has 0 unspecified atom stereocenters. The molecule has 14 heavy (non-hydrogen) atoms. The summed E-state index contributed by atoms with van der Waals surface area (Å²) in [5, 5.41) is 10.6. The fourth-order valence-electron chi connectivity index (χ4n) is 1.74. The molecule has 2 atom stereocenters. The smallest absolute Gasteiger partial charge is 0.136 e. The third-order valence-corrected chi connectivity index (χ3v) is 2.32. The van der Waals surface area contributed by atoms with Gasteiger partial charge in [-0.3, -0.25) is 9.48 Å². The highest BCUT2D eigenvalue weighted by Gasteiger charge is 2.26. The molecule has 76 valence electrons. The Bertz CT molecular complexity index is 428. The minimum atomic E-state index is -2.32. The topological polar surface area (TPSA) is 59.8 Å². The van der Waals surface area contributed by atoms with Crippen LogP contribution in [0.15, 0.2) is 6.20 Å². The first-order valence-corrected chi connectivity index (χ1v) is 4.57. The molecule has 1 aliphatic heterocycles. The highest BCUT2D eigenvalue weighted by molar-refractivity contribution is 5.80. The third-order valence-electron chi connectivity index (χ3n) is 2.32. The van der Waals surface area contributed by atoms with Crippen LogP contribution in [0, 0.1) is 0 Å². The molecule has 1 N–H and O–H groups in total. The van der Waals surface area contributed by atoms with Crippen molar-refractivity contribution in [1.29, 1.82) is 0 Å². The number of carbonyl (C=O) groups is 1. The summed E-state index contributed by atoms with van der Waals surface area (Å²) < 4.78 is 22.4. The summed E-state index contributed by atoms with van der Waals surface area (Å²) in [5.74, 6) is 0.157. The minimum absolute atomic E-state index is 0.0826. The molecule has 2 rings (SSSR count). The maximum absolute atomic E-state index is 11.5. The lowest BCUT2D eigenvalue weighted by atomic mass is 9.97. The predicted molar refractivity (Wildman–Crippen MR) is 50.6 cm³/mol. The number of piperidine rings is 1. The number of nitrogens with zero attached hydrogens (tertiary/aromatic N) is 3. The van der Waals surface area contributed by atoms with Gasteiger partial charge >= 0.3 is 0 Å². The molecule has 5 heteroatoms. The van der Waals surface area contributed by atoms with Gasteiger partial charge in [0, 0.05) is 36.2 Å². The van der Waals surface area contributed by atoms with Gasteiger partial charge in [-0.25, -0.2) is 0 Å². The van der Waals surface area contributed by atoms with Crippen molar-refractivity contribution in [2.24, 2.45) is 6.98 Å². The second kappa shape index (κ2) is 3.49. The highest BCUT2D eigenvalue weighted by atomic mass is 16.1. The minimum Gasteiger partial charge on any atom is -0.305 e. The van der Waals surface area contributed by atoms with E-state index in [0.29, 0.717) is 18.5 Å². The fourth-order valence-corrected chi connectivity index (χ4v) is 1.74. The van der Waals surface area contributed by atoms with Gasteiger partial charge in [0.25, 0.3) is 0 Å². The van der Waals surface area contributed by atoms with Gasteiger partial charge in [-0.1, -0.05) is 5.21 Å². The van der Waals surface area contributed by atoms with Crippen molar-refractivity contribution in [3.05, 3.63) is 11.9 Å². The number of aromatic nitrogens is 3. The third kappa shape index (κ3) is 1.82. The van der Waals surface area contributed by atoms with E-state index in [1.54, 1.807) is 0 Å². The van der Waals surface area contributed by atoms with Crippen LogP contribution in [-0.2, 0) is 11.8 Å². The van der Waals surface area contributed by atoms with Crippen LogP contribution in [0.5, 0.6) is 0 Å². The Kier molecular flexibility index (Phi) is 1.57. The van der Waals surface area contributed by atoms with Gasteiger partial charge in [-0.2, -0.15) is 0 Å². The van der Waals surface area contributed by atoms with E-state index in [4.69, 9.17) is 4.11 Å². The average Bonchev–Trinajstić information content (AvgIpc) is 2.63. The molecular weight excluding hydrogens is 180 g/mol. The van der Waals surface area contributed by atoms with E-state index in [1.807, 2.05) is 6.92 Å². The highest BCUT2D eigenvalue weighted by Crippen LogP contribution is 2.21. The molecule has 5 nitrogen and oxygen atoms in total. The molecule has 0 aromatic carbocycles. The normalized spacial score (nSPS) is 32.1. The largest absolute Gasteiger partial charge is 0.305 e. The standard InChI is InChI=1S/C9H14N4O/c1-6-3-7(14)4-8(10-6)9-5-13(2)12-11-9/h5-6,8,10H,3-4H2,1-2H3/t6-,8-/m0/s1/i2D3. The molecule has 1 aromatic heterocycles. The monoisotopic (exact) mass is 197 g/mol. The second-order valence-electron chi connectivity index (χ2n) is 3.66. The number of hydrogen-bond acceptors (Lipinski definition) is 4. The Balaban J connectivity index is 2.17. The van der Waals surface area contributed by atoms with E-state index in [1.165, 1.54) is 6.20 Å². The van der Waals surface area contributed by atoms with Crippen molar-refractivity contribution in [3.63, 3.8) is 0 Å². The molecule has 1 aliphatic rings. The van der Waals surface area contributed by atoms with E-state index in [9.17, 15) is 4.79 Å². The maximum Gasteiger partial charge on any atom is 0.136 e. The Labute approximate surface area is 86.7 Å². The molecule has 1 aromatic rings. The molecule has 2 heterocycles. The Morgan fingerprint density at radius 1 is 1.71 bits per heavy atom. The molecule has 1 fully saturated rings. The molecule has 0 radical (unpaired) electrons. The lowest BCUT2D eigenvalue weighted by Gasteiger charge is -2.26. The molecule has 1 saturated heterocycles. The Morgan fingerprint density at radius 2 is 2.57 bits per heavy atom. The van der Waals surface area contributed by atoms with E-state index in [0.717, 1.165) is 4.68 Å². The summed E-state index contributed by atoms with van der Waals surface area (Å²) in [6.45, 7) is -0.409. The van der Waals surface area contributed by atoms with Gasteiger partial charge < -0.3 is 5.32 Å². The SMILES string of the molecule is [2H]C([2H])([2H])n1cc([C@@H]2CC(=O)C[C@H](C)N2)nn1. The van der Waals surface area contributed by atoms with Crippen molar-refractivity contribution in [2.75, 3.05) is 0 Å². The number of carbonyl (C=O) groups excluding carboxylic acids is 1. The fraction of sp³-hybridized carbons (Fsp3) is 0.667. The number of Topliss-reactive ketones (excluding diaryl/α,β-unsaturated/α-hetero) is 1. The lowest BCUT2D eigenvalue weighted by molar-refractivity contribution is -0.121. The zero-order valence-electron chi connectivity index (χ0n) is 10.9. The van der Waals surface area contributed by atoms with Crippen LogP contribution >= 0.6 is 0 Å². The van der Waals surface area contributed by atoms with Crippen LogP contribution in [0.2, 0.25) is 0 Å². The van der Waals surface area contributed by atoms with E-state index >= 15 is 0 Å². The molecule has 0 amide bonds. The Morgan fingerprint density at radius 3 is 3.21 bits per heavy atom. The van der Waals surface area contributed by atoms with Crippen molar-refractivity contribution in [1.82, 2.24) is 20.3 Å². The van der Waals surface area contributed by atoms with Crippen LogP contribution in [0.25, 0.3) is 0 Å². The number of aryl methyl sites for hydroxylation is 1. The van der Waals surface area contributed by atoms with Gasteiger partial charge in [0.15, 0.2) is 0 Å². The summed E-state index contributed by atoms with van der Waals surface area (Å²) in [4.78, 5) is 11.5. The van der Waals surface area contributed by atoms with Crippen LogP contribution in [0.4, 0.5) is 0 Å². The van der Waals surface area contributed by atoms with E-state index in [2.05, 4.69) is 15.6 Å². The summed E-state index contributed by atoms with van der Waals surface area (Å²) in [6, 6.07) is -0.151. The summed E-state index contributed by atoms with van der Waals surface area (Å²) >= 11 is 0. The quantitative estimate of drug-likeness (QED) is 0.698. The number of nitrogens with one attached hydrogen (secondary N) is 1. The average molecular weight is 197 g/mol. The van der Waals surface area contributed by atoms with Crippen LogP contribution < -0.4 is 5.32 Å². The predicted octanol–water partition coefficient (Wildman–Crippen LogP) is 0.197. The molecule has 0 bridgehead atoms. The van der Waals surface area contributed by atoms with Crippen LogP contribution in [0.3, 0.4) is 0 Å².